The van der Waals surface area contributed by atoms with Gasteiger partial charge in [0.05, 0.1) is 0 Å². The molecule has 4 nitrogen and oxygen atoms in total. The highest BCUT2D eigenvalue weighted by Gasteiger charge is 2.21. The Bertz CT molecular complexity index is 419. The van der Waals surface area contributed by atoms with Gasteiger partial charge in [0, 0.05) is 5.92 Å². The van der Waals surface area contributed by atoms with Crippen molar-refractivity contribution in [2.75, 3.05) is 5.32 Å². The second-order valence-corrected chi connectivity index (χ2v) is 4.18. The largest absolute Gasteiger partial charge is 0.321 e. The lowest BCUT2D eigenvalue weighted by atomic mass is 10.1. The Morgan fingerprint density at radius 3 is 2.38 bits per heavy atom. The highest BCUT2D eigenvalue weighted by atomic mass is 35.5. The van der Waals surface area contributed by atoms with E-state index in [1.807, 2.05) is 12.2 Å². The molecule has 0 unspecified atom stereocenters. The van der Waals surface area contributed by atoms with Gasteiger partial charge in [-0.15, -0.1) is 0 Å². The smallest absolute Gasteiger partial charge is 0.228 e. The number of carbonyl (C=O) groups excluding carboxylic acids is 1. The quantitative estimate of drug-likeness (QED) is 0.655. The van der Waals surface area contributed by atoms with Crippen LogP contribution in [-0.2, 0) is 4.79 Å². The molecule has 1 aromatic rings. The number of hydrogen-bond donors (Lipinski definition) is 1. The summed E-state index contributed by atoms with van der Waals surface area (Å²) < 4.78 is 0. The number of anilines is 1. The van der Waals surface area contributed by atoms with Gasteiger partial charge in [-0.3, -0.25) is 4.79 Å². The molecule has 1 aliphatic rings. The Morgan fingerprint density at radius 2 is 1.81 bits per heavy atom. The predicted octanol–water partition coefficient (Wildman–Crippen LogP) is 2.69. The molecule has 84 valence electrons. The normalized spacial score (nSPS) is 15.4. The lowest BCUT2D eigenvalue weighted by Gasteiger charge is -2.11. The first kappa shape index (κ1) is 11.4. The van der Waals surface area contributed by atoms with Crippen LogP contribution in [0.1, 0.15) is 12.8 Å². The van der Waals surface area contributed by atoms with E-state index in [0.717, 1.165) is 12.8 Å². The third kappa shape index (κ3) is 2.33. The number of halogens is 2. The molecule has 1 aromatic heterocycles. The van der Waals surface area contributed by atoms with Crippen molar-refractivity contribution < 1.29 is 4.79 Å². The lowest BCUT2D eigenvalue weighted by Crippen LogP contribution is -2.21. The Kier molecular flexibility index (Phi) is 3.41. The van der Waals surface area contributed by atoms with Crippen LogP contribution in [0.15, 0.2) is 18.5 Å². The second kappa shape index (κ2) is 4.80. The first-order valence-electron chi connectivity index (χ1n) is 4.80. The molecule has 1 N–H and O–H groups in total. The number of hydrogen-bond acceptors (Lipinski definition) is 3. The molecule has 0 radical (unpaired) electrons. The maximum Gasteiger partial charge on any atom is 0.228 e. The van der Waals surface area contributed by atoms with Crippen molar-refractivity contribution in [1.29, 1.82) is 0 Å². The lowest BCUT2D eigenvalue weighted by molar-refractivity contribution is -0.119. The van der Waals surface area contributed by atoms with Crippen LogP contribution in [0.25, 0.3) is 0 Å². The number of carbonyl (C=O) groups is 1. The molecule has 16 heavy (non-hydrogen) atoms. The second-order valence-electron chi connectivity index (χ2n) is 3.46. The van der Waals surface area contributed by atoms with Crippen LogP contribution in [0, 0.1) is 5.92 Å². The summed E-state index contributed by atoms with van der Waals surface area (Å²) >= 11 is 11.6. The molecule has 1 amide bonds. The van der Waals surface area contributed by atoms with Gasteiger partial charge in [0.2, 0.25) is 5.91 Å². The van der Waals surface area contributed by atoms with Crippen LogP contribution >= 0.6 is 23.2 Å². The van der Waals surface area contributed by atoms with Gasteiger partial charge >= 0.3 is 0 Å². The summed E-state index contributed by atoms with van der Waals surface area (Å²) in [5, 5.41) is 2.96. The van der Waals surface area contributed by atoms with E-state index < -0.39 is 0 Å². The van der Waals surface area contributed by atoms with E-state index in [0.29, 0.717) is 0 Å². The van der Waals surface area contributed by atoms with Crippen LogP contribution in [0.2, 0.25) is 10.3 Å². The van der Waals surface area contributed by atoms with Gasteiger partial charge < -0.3 is 5.32 Å². The standard InChI is InChI=1S/C10H9Cl2N3O/c11-8-7(9(12)14-5-13-8)15-10(16)6-3-1-2-4-6/h1-2,5-6H,3-4H2,(H,15,16). The number of nitrogens with one attached hydrogen (secondary N) is 1. The summed E-state index contributed by atoms with van der Waals surface area (Å²) in [4.78, 5) is 19.3. The molecule has 0 saturated carbocycles. The fourth-order valence-electron chi connectivity index (χ4n) is 1.50. The minimum absolute atomic E-state index is 0.0488. The first-order valence-corrected chi connectivity index (χ1v) is 5.56. The van der Waals surface area contributed by atoms with Gasteiger partial charge in [0.15, 0.2) is 10.3 Å². The van der Waals surface area contributed by atoms with Crippen molar-refractivity contribution in [1.82, 2.24) is 9.97 Å². The molecule has 0 fully saturated rings. The zero-order valence-electron chi connectivity index (χ0n) is 8.28. The van der Waals surface area contributed by atoms with Gasteiger partial charge in [-0.2, -0.15) is 0 Å². The van der Waals surface area contributed by atoms with Crippen molar-refractivity contribution in [2.45, 2.75) is 12.8 Å². The van der Waals surface area contributed by atoms with Crippen molar-refractivity contribution in [2.24, 2.45) is 5.92 Å². The summed E-state index contributed by atoms with van der Waals surface area (Å²) in [5.74, 6) is -0.157. The zero-order chi connectivity index (χ0) is 11.5. The minimum atomic E-state index is -0.108. The monoisotopic (exact) mass is 257 g/mol. The van der Waals surface area contributed by atoms with Crippen molar-refractivity contribution in [3.05, 3.63) is 28.8 Å². The number of amides is 1. The van der Waals surface area contributed by atoms with Crippen LogP contribution < -0.4 is 5.32 Å². The van der Waals surface area contributed by atoms with E-state index in [2.05, 4.69) is 15.3 Å². The van der Waals surface area contributed by atoms with E-state index in [9.17, 15) is 4.79 Å². The number of allylic oxidation sites excluding steroid dienone is 2. The van der Waals surface area contributed by atoms with Gasteiger partial charge in [-0.1, -0.05) is 35.4 Å². The maximum atomic E-state index is 11.8. The molecular weight excluding hydrogens is 249 g/mol. The summed E-state index contributed by atoms with van der Waals surface area (Å²) in [6.07, 6.45) is 6.70. The zero-order valence-corrected chi connectivity index (χ0v) is 9.79. The van der Waals surface area contributed by atoms with Crippen LogP contribution in [0.3, 0.4) is 0 Å². The van der Waals surface area contributed by atoms with Crippen molar-refractivity contribution >= 4 is 34.8 Å². The summed E-state index contributed by atoms with van der Waals surface area (Å²) in [7, 11) is 0. The SMILES string of the molecule is O=C(Nc1c(Cl)ncnc1Cl)C1CC=CC1. The molecule has 0 saturated heterocycles. The maximum absolute atomic E-state index is 11.8. The third-order valence-electron chi connectivity index (χ3n) is 2.38. The molecule has 2 rings (SSSR count). The van der Waals surface area contributed by atoms with Crippen LogP contribution in [0.4, 0.5) is 5.69 Å². The number of rotatable bonds is 2. The summed E-state index contributed by atoms with van der Waals surface area (Å²) in [5.41, 5.74) is 0.280. The van der Waals surface area contributed by atoms with Crippen molar-refractivity contribution in [3.63, 3.8) is 0 Å². The Balaban J connectivity index is 2.11. The fourth-order valence-corrected chi connectivity index (χ4v) is 1.91. The Labute approximate surface area is 103 Å². The van der Waals surface area contributed by atoms with Crippen molar-refractivity contribution in [3.8, 4) is 0 Å². The first-order chi connectivity index (χ1) is 7.68. The predicted molar refractivity (Wildman–Crippen MR) is 62.5 cm³/mol. The summed E-state index contributed by atoms with van der Waals surface area (Å²) in [6, 6.07) is 0. The van der Waals surface area contributed by atoms with Crippen LogP contribution in [0.5, 0.6) is 0 Å². The highest BCUT2D eigenvalue weighted by Crippen LogP contribution is 2.27. The molecule has 0 aliphatic heterocycles. The molecule has 0 atom stereocenters. The molecular formula is C10H9Cl2N3O. The molecule has 0 bridgehead atoms. The summed E-state index contributed by atoms with van der Waals surface area (Å²) in [6.45, 7) is 0. The molecule has 6 heteroatoms. The van der Waals surface area contributed by atoms with Crippen LogP contribution in [-0.4, -0.2) is 15.9 Å². The number of aromatic nitrogens is 2. The highest BCUT2D eigenvalue weighted by molar-refractivity contribution is 6.38. The molecule has 1 aliphatic carbocycles. The van der Waals surface area contributed by atoms with E-state index in [1.165, 1.54) is 6.33 Å². The van der Waals surface area contributed by atoms with Gasteiger partial charge in [-0.05, 0) is 12.8 Å². The van der Waals surface area contributed by atoms with Gasteiger partial charge in [-0.25, -0.2) is 9.97 Å². The Hall–Kier alpha value is -1.13. The molecule has 0 spiro atoms. The Morgan fingerprint density at radius 1 is 1.25 bits per heavy atom. The molecule has 1 heterocycles. The van der Waals surface area contributed by atoms with E-state index in [-0.39, 0.29) is 27.8 Å². The van der Waals surface area contributed by atoms with E-state index in [4.69, 9.17) is 23.2 Å². The number of nitrogens with zero attached hydrogens (tertiary/aromatic N) is 2. The minimum Gasteiger partial charge on any atom is -0.321 e. The van der Waals surface area contributed by atoms with E-state index >= 15 is 0 Å². The average molecular weight is 258 g/mol. The fraction of sp³-hybridized carbons (Fsp3) is 0.300. The topological polar surface area (TPSA) is 54.9 Å². The van der Waals surface area contributed by atoms with Gasteiger partial charge in [0.25, 0.3) is 0 Å². The molecule has 0 aromatic carbocycles. The van der Waals surface area contributed by atoms with E-state index in [1.54, 1.807) is 0 Å². The average Bonchev–Trinajstić information content (AvgIpc) is 2.76. The van der Waals surface area contributed by atoms with Gasteiger partial charge in [0.1, 0.15) is 12.0 Å². The third-order valence-corrected chi connectivity index (χ3v) is 2.95.